The van der Waals surface area contributed by atoms with Gasteiger partial charge in [0, 0.05) is 49.9 Å². The normalized spacial score (nSPS) is 23.3. The summed E-state index contributed by atoms with van der Waals surface area (Å²) in [5.41, 5.74) is -0.360. The number of benzene rings is 1. The lowest BCUT2D eigenvalue weighted by molar-refractivity contribution is -0.136. The van der Waals surface area contributed by atoms with Crippen molar-refractivity contribution in [1.82, 2.24) is 15.5 Å². The molecule has 2 fully saturated rings. The fourth-order valence-corrected chi connectivity index (χ4v) is 3.77. The molecule has 28 heavy (non-hydrogen) atoms. The second kappa shape index (κ2) is 7.65. The third-order valence-electron chi connectivity index (χ3n) is 5.30. The highest BCUT2D eigenvalue weighted by molar-refractivity contribution is 6.07. The molecule has 0 unspecified atom stereocenters. The molecule has 3 rings (SSSR count). The minimum atomic E-state index is -1.08. The molecule has 2 heterocycles. The number of carbonyl (C=O) groups excluding carboxylic acids is 3. The number of urea groups is 1. The molecule has 0 bridgehead atoms. The third-order valence-corrected chi connectivity index (χ3v) is 5.30. The predicted octanol–water partition coefficient (Wildman–Crippen LogP) is 1.11. The number of hydrogen-bond donors (Lipinski definition) is 2. The Kier molecular flexibility index (Phi) is 5.44. The van der Waals surface area contributed by atoms with Gasteiger partial charge in [-0.1, -0.05) is 6.92 Å². The number of amides is 4. The third kappa shape index (κ3) is 4.02. The van der Waals surface area contributed by atoms with Gasteiger partial charge in [-0.15, -0.1) is 0 Å². The molecule has 2 atom stereocenters. The number of carbonyl (C=O) groups is 3. The number of anilines is 1. The van der Waals surface area contributed by atoms with Gasteiger partial charge in [0.2, 0.25) is 5.91 Å². The quantitative estimate of drug-likeness (QED) is 0.733. The first-order valence-corrected chi connectivity index (χ1v) is 9.24. The monoisotopic (exact) mass is 392 g/mol. The number of methoxy groups -OCH3 is 1. The van der Waals surface area contributed by atoms with Gasteiger partial charge < -0.3 is 19.9 Å². The average Bonchev–Trinajstić information content (AvgIpc) is 2.91. The van der Waals surface area contributed by atoms with Crippen LogP contribution < -0.4 is 20.3 Å². The smallest absolute Gasteiger partial charge is 0.322 e. The van der Waals surface area contributed by atoms with Crippen molar-refractivity contribution in [3.05, 3.63) is 24.0 Å². The largest absolute Gasteiger partial charge is 0.497 e. The van der Waals surface area contributed by atoms with Gasteiger partial charge in [-0.05, 0) is 19.4 Å². The fourth-order valence-electron chi connectivity index (χ4n) is 3.77. The second-order valence-corrected chi connectivity index (χ2v) is 7.51. The maximum Gasteiger partial charge on any atom is 0.322 e. The second-order valence-electron chi connectivity index (χ2n) is 7.51. The van der Waals surface area contributed by atoms with Crippen LogP contribution >= 0.6 is 0 Å². The summed E-state index contributed by atoms with van der Waals surface area (Å²) in [5, 5.41) is 4.80. The molecule has 0 aliphatic carbocycles. The van der Waals surface area contributed by atoms with E-state index < -0.39 is 23.4 Å². The zero-order chi connectivity index (χ0) is 20.5. The SMILES string of the molecule is COc1cc(F)cc(N2CCN(C(=O)[C@H](C)C[C@@]3(C)NC(=O)NC3=O)CC2)c1. The first kappa shape index (κ1) is 19.9. The first-order chi connectivity index (χ1) is 13.2. The summed E-state index contributed by atoms with van der Waals surface area (Å²) >= 11 is 0. The van der Waals surface area contributed by atoms with Crippen LogP contribution in [0.25, 0.3) is 0 Å². The number of nitrogens with zero attached hydrogens (tertiary/aromatic N) is 2. The van der Waals surface area contributed by atoms with E-state index in [1.54, 1.807) is 24.8 Å². The van der Waals surface area contributed by atoms with E-state index in [0.717, 1.165) is 5.69 Å². The summed E-state index contributed by atoms with van der Waals surface area (Å²) < 4.78 is 18.8. The molecule has 4 amide bonds. The van der Waals surface area contributed by atoms with Crippen LogP contribution in [0.15, 0.2) is 18.2 Å². The number of ether oxygens (including phenoxy) is 1. The Balaban J connectivity index is 1.58. The summed E-state index contributed by atoms with van der Waals surface area (Å²) in [4.78, 5) is 39.9. The molecular formula is C19H25FN4O4. The average molecular weight is 392 g/mol. The Hall–Kier alpha value is -2.84. The van der Waals surface area contributed by atoms with Crippen molar-refractivity contribution in [2.45, 2.75) is 25.8 Å². The molecule has 2 aliphatic heterocycles. The summed E-state index contributed by atoms with van der Waals surface area (Å²) in [7, 11) is 1.49. The highest BCUT2D eigenvalue weighted by Crippen LogP contribution is 2.26. The summed E-state index contributed by atoms with van der Waals surface area (Å²) in [6.07, 6.45) is 0.227. The number of nitrogens with one attached hydrogen (secondary N) is 2. The van der Waals surface area contributed by atoms with Crippen LogP contribution in [0.4, 0.5) is 14.9 Å². The van der Waals surface area contributed by atoms with Crippen molar-refractivity contribution in [3.63, 3.8) is 0 Å². The van der Waals surface area contributed by atoms with Crippen LogP contribution in [-0.4, -0.2) is 61.6 Å². The van der Waals surface area contributed by atoms with Gasteiger partial charge >= 0.3 is 6.03 Å². The Labute approximate surface area is 163 Å². The molecule has 0 aromatic heterocycles. The zero-order valence-electron chi connectivity index (χ0n) is 16.3. The van der Waals surface area contributed by atoms with E-state index in [-0.39, 0.29) is 18.1 Å². The Morgan fingerprint density at radius 3 is 2.50 bits per heavy atom. The van der Waals surface area contributed by atoms with Gasteiger partial charge in [0.05, 0.1) is 7.11 Å². The van der Waals surface area contributed by atoms with E-state index in [1.165, 1.54) is 19.2 Å². The van der Waals surface area contributed by atoms with Crippen LogP contribution in [0, 0.1) is 11.7 Å². The number of piperazine rings is 1. The van der Waals surface area contributed by atoms with Gasteiger partial charge in [0.25, 0.3) is 5.91 Å². The Morgan fingerprint density at radius 1 is 1.25 bits per heavy atom. The van der Waals surface area contributed by atoms with Crippen molar-refractivity contribution in [1.29, 1.82) is 0 Å². The van der Waals surface area contributed by atoms with Crippen molar-refractivity contribution in [2.24, 2.45) is 5.92 Å². The van der Waals surface area contributed by atoms with E-state index in [2.05, 4.69) is 10.6 Å². The van der Waals surface area contributed by atoms with Gasteiger partial charge in [0.15, 0.2) is 0 Å². The molecule has 152 valence electrons. The van der Waals surface area contributed by atoms with Gasteiger partial charge in [-0.25, -0.2) is 9.18 Å². The summed E-state index contributed by atoms with van der Waals surface area (Å²) in [6, 6.07) is 4.01. The molecule has 0 spiro atoms. The maximum absolute atomic E-state index is 13.7. The van der Waals surface area contributed by atoms with Gasteiger partial charge in [0.1, 0.15) is 17.1 Å². The van der Waals surface area contributed by atoms with Crippen molar-refractivity contribution in [3.8, 4) is 5.75 Å². The van der Waals surface area contributed by atoms with Crippen molar-refractivity contribution < 1.29 is 23.5 Å². The molecule has 8 nitrogen and oxygen atoms in total. The van der Waals surface area contributed by atoms with Crippen LogP contribution in [0.2, 0.25) is 0 Å². The molecule has 2 aliphatic rings. The van der Waals surface area contributed by atoms with Crippen LogP contribution in [-0.2, 0) is 9.59 Å². The lowest BCUT2D eigenvalue weighted by atomic mass is 9.89. The standard InChI is InChI=1S/C19H25FN4O4/c1-12(11-19(2)17(26)21-18(27)22-19)16(25)24-6-4-23(5-7-24)14-8-13(20)9-15(10-14)28-3/h8-10,12H,4-7,11H2,1-3H3,(H2,21,22,26,27)/t12-,19-/m1/s1. The van der Waals surface area contributed by atoms with Gasteiger partial charge in [-0.2, -0.15) is 0 Å². The van der Waals surface area contributed by atoms with Gasteiger partial charge in [-0.3, -0.25) is 14.9 Å². The van der Waals surface area contributed by atoms with E-state index in [9.17, 15) is 18.8 Å². The summed E-state index contributed by atoms with van der Waals surface area (Å²) in [6.45, 7) is 5.51. The molecule has 0 saturated carbocycles. The molecule has 2 N–H and O–H groups in total. The molecule has 2 saturated heterocycles. The number of hydrogen-bond acceptors (Lipinski definition) is 5. The maximum atomic E-state index is 13.7. The van der Waals surface area contributed by atoms with Crippen LogP contribution in [0.5, 0.6) is 5.75 Å². The first-order valence-electron chi connectivity index (χ1n) is 9.24. The van der Waals surface area contributed by atoms with Crippen molar-refractivity contribution in [2.75, 3.05) is 38.2 Å². The number of rotatable bonds is 5. The van der Waals surface area contributed by atoms with E-state index in [4.69, 9.17) is 4.74 Å². The van der Waals surface area contributed by atoms with Crippen molar-refractivity contribution >= 4 is 23.5 Å². The fraction of sp³-hybridized carbons (Fsp3) is 0.526. The van der Waals surface area contributed by atoms with Crippen LogP contribution in [0.1, 0.15) is 20.3 Å². The summed E-state index contributed by atoms with van der Waals surface area (Å²) in [5.74, 6) is -0.817. The van der Waals surface area contributed by atoms with E-state index >= 15 is 0 Å². The predicted molar refractivity (Wildman–Crippen MR) is 101 cm³/mol. The molecule has 0 radical (unpaired) electrons. The molecule has 9 heteroatoms. The molecule has 1 aromatic rings. The number of halogens is 1. The Morgan fingerprint density at radius 2 is 1.93 bits per heavy atom. The topological polar surface area (TPSA) is 91.0 Å². The highest BCUT2D eigenvalue weighted by Gasteiger charge is 2.44. The minimum Gasteiger partial charge on any atom is -0.497 e. The zero-order valence-corrected chi connectivity index (χ0v) is 16.3. The lowest BCUT2D eigenvalue weighted by Crippen LogP contribution is -2.52. The van der Waals surface area contributed by atoms with E-state index in [0.29, 0.717) is 31.9 Å². The van der Waals surface area contributed by atoms with Crippen LogP contribution in [0.3, 0.4) is 0 Å². The number of imide groups is 1. The minimum absolute atomic E-state index is 0.0633. The van der Waals surface area contributed by atoms with E-state index in [1.807, 2.05) is 4.90 Å². The highest BCUT2D eigenvalue weighted by atomic mass is 19.1. The molecular weight excluding hydrogens is 367 g/mol. The lowest BCUT2D eigenvalue weighted by Gasteiger charge is -2.38. The molecule has 1 aromatic carbocycles. The Bertz CT molecular complexity index is 794.